The van der Waals surface area contributed by atoms with Crippen molar-refractivity contribution in [1.82, 2.24) is 0 Å². The highest BCUT2D eigenvalue weighted by Crippen LogP contribution is 2.22. The highest BCUT2D eigenvalue weighted by molar-refractivity contribution is 5.99. The van der Waals surface area contributed by atoms with Gasteiger partial charge in [0.2, 0.25) is 0 Å². The third-order valence-corrected chi connectivity index (χ3v) is 2.86. The van der Waals surface area contributed by atoms with Gasteiger partial charge in [-0.05, 0) is 12.1 Å². The predicted octanol–water partition coefficient (Wildman–Crippen LogP) is 2.83. The number of carbonyl (C=O) groups excluding carboxylic acids is 1. The van der Waals surface area contributed by atoms with Crippen molar-refractivity contribution in [2.75, 3.05) is 12.5 Å². The molecule has 112 valence electrons. The number of hydrogen-bond donors (Lipinski definition) is 1. The number of nitrogens with zero attached hydrogens (tertiary/aromatic N) is 2. The number of hydrogen-bond acceptors (Lipinski definition) is 6. The van der Waals surface area contributed by atoms with Gasteiger partial charge in [-0.15, -0.1) is 0 Å². The lowest BCUT2D eigenvalue weighted by Gasteiger charge is -2.04. The van der Waals surface area contributed by atoms with Crippen molar-refractivity contribution in [3.63, 3.8) is 0 Å². The number of ether oxygens (including phenoxy) is 1. The molecule has 0 saturated carbocycles. The zero-order valence-corrected chi connectivity index (χ0v) is 11.7. The lowest BCUT2D eigenvalue weighted by Crippen LogP contribution is -2.05. The zero-order valence-electron chi connectivity index (χ0n) is 11.7. The van der Waals surface area contributed by atoms with Crippen molar-refractivity contribution in [3.8, 4) is 0 Å². The van der Waals surface area contributed by atoms with Crippen LogP contribution in [0.4, 0.5) is 11.4 Å². The van der Waals surface area contributed by atoms with E-state index in [0.29, 0.717) is 11.1 Å². The number of methoxy groups -OCH3 is 1. The summed E-state index contributed by atoms with van der Waals surface area (Å²) in [6.07, 6.45) is 1.41. The molecule has 2 rings (SSSR count). The van der Waals surface area contributed by atoms with E-state index in [4.69, 9.17) is 0 Å². The van der Waals surface area contributed by atoms with Gasteiger partial charge in [-0.2, -0.15) is 5.10 Å². The minimum absolute atomic E-state index is 0.0825. The van der Waals surface area contributed by atoms with Crippen LogP contribution in [0.25, 0.3) is 0 Å². The van der Waals surface area contributed by atoms with Crippen molar-refractivity contribution in [2.24, 2.45) is 5.10 Å². The van der Waals surface area contributed by atoms with Gasteiger partial charge in [0.15, 0.2) is 0 Å². The molecule has 7 heteroatoms. The number of anilines is 1. The molecule has 0 heterocycles. The Balaban J connectivity index is 2.21. The fraction of sp³-hybridized carbons (Fsp3) is 0.0667. The summed E-state index contributed by atoms with van der Waals surface area (Å²) in [5.41, 5.74) is 3.69. The zero-order chi connectivity index (χ0) is 15.9. The summed E-state index contributed by atoms with van der Waals surface area (Å²) in [7, 11) is 1.29. The van der Waals surface area contributed by atoms with Crippen molar-refractivity contribution >= 4 is 23.6 Å². The third kappa shape index (κ3) is 3.45. The first kappa shape index (κ1) is 15.2. The number of nitro groups is 1. The van der Waals surface area contributed by atoms with Crippen LogP contribution >= 0.6 is 0 Å². The Kier molecular flexibility index (Phi) is 4.81. The summed E-state index contributed by atoms with van der Waals surface area (Å²) in [5.74, 6) is -0.479. The summed E-state index contributed by atoms with van der Waals surface area (Å²) >= 11 is 0. The second-order valence-corrected chi connectivity index (χ2v) is 4.22. The molecule has 0 aliphatic rings. The number of nitrogens with one attached hydrogen (secondary N) is 1. The summed E-state index contributed by atoms with van der Waals surface area (Å²) in [6.45, 7) is 0. The van der Waals surface area contributed by atoms with Gasteiger partial charge < -0.3 is 4.74 Å². The molecule has 2 aromatic rings. The minimum atomic E-state index is -0.500. The van der Waals surface area contributed by atoms with Gasteiger partial charge in [-0.1, -0.05) is 30.3 Å². The predicted molar refractivity (Wildman–Crippen MR) is 82.1 cm³/mol. The van der Waals surface area contributed by atoms with E-state index < -0.39 is 10.9 Å². The van der Waals surface area contributed by atoms with Crippen molar-refractivity contribution in [2.45, 2.75) is 0 Å². The maximum absolute atomic E-state index is 11.6. The number of esters is 1. The van der Waals surface area contributed by atoms with Crippen LogP contribution in [0.1, 0.15) is 15.9 Å². The monoisotopic (exact) mass is 299 g/mol. The SMILES string of the molecule is COC(=O)c1ccccc1/C=N/Nc1ccccc1[N+](=O)[O-]. The molecule has 0 radical (unpaired) electrons. The van der Waals surface area contributed by atoms with Crippen molar-refractivity contribution in [3.05, 3.63) is 69.8 Å². The number of carbonyl (C=O) groups is 1. The van der Waals surface area contributed by atoms with Crippen LogP contribution in [0.15, 0.2) is 53.6 Å². The molecule has 0 saturated heterocycles. The Morgan fingerprint density at radius 1 is 1.23 bits per heavy atom. The molecule has 0 fully saturated rings. The summed E-state index contributed by atoms with van der Waals surface area (Å²) in [5, 5.41) is 14.8. The molecule has 0 aromatic heterocycles. The van der Waals surface area contributed by atoms with Crippen molar-refractivity contribution < 1.29 is 14.5 Å². The average molecular weight is 299 g/mol. The lowest BCUT2D eigenvalue weighted by atomic mass is 10.1. The molecular formula is C15H13N3O4. The number of benzene rings is 2. The largest absolute Gasteiger partial charge is 0.465 e. The second kappa shape index (κ2) is 6.98. The van der Waals surface area contributed by atoms with Crippen LogP contribution < -0.4 is 5.43 Å². The molecule has 0 unspecified atom stereocenters. The van der Waals surface area contributed by atoms with E-state index in [1.165, 1.54) is 19.4 Å². The first-order valence-corrected chi connectivity index (χ1v) is 6.33. The number of nitro benzene ring substituents is 1. The lowest BCUT2D eigenvalue weighted by molar-refractivity contribution is -0.384. The summed E-state index contributed by atoms with van der Waals surface area (Å²) in [6, 6.07) is 12.9. The van der Waals surface area contributed by atoms with E-state index in [1.807, 2.05) is 0 Å². The molecule has 0 aliphatic heterocycles. The van der Waals surface area contributed by atoms with Gasteiger partial charge in [0, 0.05) is 11.6 Å². The van der Waals surface area contributed by atoms with Crippen LogP contribution in [-0.4, -0.2) is 24.2 Å². The minimum Gasteiger partial charge on any atom is -0.465 e. The van der Waals surface area contributed by atoms with Gasteiger partial charge in [0.1, 0.15) is 5.69 Å². The summed E-state index contributed by atoms with van der Waals surface area (Å²) in [4.78, 5) is 22.0. The van der Waals surface area contributed by atoms with Crippen LogP contribution in [0, 0.1) is 10.1 Å². The summed E-state index contributed by atoms with van der Waals surface area (Å²) < 4.78 is 4.68. The first-order valence-electron chi connectivity index (χ1n) is 6.33. The Hall–Kier alpha value is -3.22. The van der Waals surface area contributed by atoms with Crippen LogP contribution in [0.2, 0.25) is 0 Å². The standard InChI is InChI=1S/C15H13N3O4/c1-22-15(19)12-7-3-2-6-11(12)10-16-17-13-8-4-5-9-14(13)18(20)21/h2-10,17H,1H3/b16-10+. The Labute approximate surface area is 126 Å². The van der Waals surface area contributed by atoms with Gasteiger partial charge >= 0.3 is 5.97 Å². The van der Waals surface area contributed by atoms with E-state index in [-0.39, 0.29) is 11.4 Å². The molecular weight excluding hydrogens is 286 g/mol. The van der Waals surface area contributed by atoms with Crippen LogP contribution in [0.5, 0.6) is 0 Å². The molecule has 0 atom stereocenters. The molecule has 2 aromatic carbocycles. The van der Waals surface area contributed by atoms with E-state index in [9.17, 15) is 14.9 Å². The van der Waals surface area contributed by atoms with Gasteiger partial charge in [-0.25, -0.2) is 4.79 Å². The fourth-order valence-corrected chi connectivity index (χ4v) is 1.80. The topological polar surface area (TPSA) is 93.8 Å². The molecule has 0 spiro atoms. The first-order chi connectivity index (χ1) is 10.6. The van der Waals surface area contributed by atoms with Gasteiger partial charge in [0.05, 0.1) is 23.8 Å². The maximum Gasteiger partial charge on any atom is 0.338 e. The highest BCUT2D eigenvalue weighted by atomic mass is 16.6. The quantitative estimate of drug-likeness (QED) is 0.396. The van der Waals surface area contributed by atoms with Gasteiger partial charge in [-0.3, -0.25) is 15.5 Å². The Morgan fingerprint density at radius 2 is 1.91 bits per heavy atom. The molecule has 0 aliphatic carbocycles. The van der Waals surface area contributed by atoms with Crippen LogP contribution in [0.3, 0.4) is 0 Å². The Bertz CT molecular complexity index is 728. The van der Waals surface area contributed by atoms with Crippen LogP contribution in [-0.2, 0) is 4.74 Å². The van der Waals surface area contributed by atoms with Crippen molar-refractivity contribution in [1.29, 1.82) is 0 Å². The number of hydrazone groups is 1. The average Bonchev–Trinajstić information content (AvgIpc) is 2.55. The third-order valence-electron chi connectivity index (χ3n) is 2.86. The van der Waals surface area contributed by atoms with Gasteiger partial charge in [0.25, 0.3) is 5.69 Å². The Morgan fingerprint density at radius 3 is 2.64 bits per heavy atom. The number of para-hydroxylation sites is 2. The fourth-order valence-electron chi connectivity index (χ4n) is 1.80. The van der Waals surface area contributed by atoms with E-state index in [0.717, 1.165) is 0 Å². The molecule has 7 nitrogen and oxygen atoms in total. The normalized spacial score (nSPS) is 10.4. The smallest absolute Gasteiger partial charge is 0.338 e. The van der Waals surface area contributed by atoms with E-state index >= 15 is 0 Å². The maximum atomic E-state index is 11.6. The molecule has 22 heavy (non-hydrogen) atoms. The second-order valence-electron chi connectivity index (χ2n) is 4.22. The number of rotatable bonds is 5. The molecule has 0 amide bonds. The van der Waals surface area contributed by atoms with E-state index in [1.54, 1.807) is 42.5 Å². The van der Waals surface area contributed by atoms with E-state index in [2.05, 4.69) is 15.3 Å². The molecule has 1 N–H and O–H groups in total. The molecule has 0 bridgehead atoms. The highest BCUT2D eigenvalue weighted by Gasteiger charge is 2.12.